The quantitative estimate of drug-likeness (QED) is 0.633. The number of fused-ring (bicyclic) bond motifs is 1. The van der Waals surface area contributed by atoms with Crippen molar-refractivity contribution >= 4 is 19.2 Å². The zero-order valence-electron chi connectivity index (χ0n) is 13.0. The van der Waals surface area contributed by atoms with Crippen molar-refractivity contribution in [2.75, 3.05) is 6.54 Å². The van der Waals surface area contributed by atoms with Crippen LogP contribution in [0.1, 0.15) is 37.3 Å². The van der Waals surface area contributed by atoms with E-state index in [2.05, 4.69) is 48.1 Å². The Morgan fingerprint density at radius 2 is 1.77 bits per heavy atom. The Labute approximate surface area is 132 Å². The van der Waals surface area contributed by atoms with Crippen molar-refractivity contribution in [3.05, 3.63) is 41.1 Å². The number of carbonyl (C=O) groups excluding carboxylic acids is 1. The average Bonchev–Trinajstić information content (AvgIpc) is 2.79. The molecular weight excluding hydrogens is 273 g/mol. The van der Waals surface area contributed by atoms with Crippen molar-refractivity contribution in [1.82, 2.24) is 16.0 Å². The van der Waals surface area contributed by atoms with Gasteiger partial charge in [0.25, 0.3) is 5.91 Å². The molecule has 1 fully saturated rings. The molecule has 4 nitrogen and oxygen atoms in total. The van der Waals surface area contributed by atoms with Crippen LogP contribution in [0.2, 0.25) is 0 Å². The fourth-order valence-corrected chi connectivity index (χ4v) is 3.98. The van der Waals surface area contributed by atoms with E-state index in [1.54, 1.807) is 0 Å². The molecule has 1 saturated carbocycles. The van der Waals surface area contributed by atoms with E-state index in [4.69, 9.17) is 0 Å². The van der Waals surface area contributed by atoms with Gasteiger partial charge < -0.3 is 16.0 Å². The van der Waals surface area contributed by atoms with Gasteiger partial charge in [-0.3, -0.25) is 4.79 Å². The van der Waals surface area contributed by atoms with Gasteiger partial charge in [0.05, 0.1) is 18.2 Å². The lowest BCUT2D eigenvalue weighted by Crippen LogP contribution is -2.49. The summed E-state index contributed by atoms with van der Waals surface area (Å²) in [6.45, 7) is 0.640. The number of benzene rings is 1. The molecule has 0 bridgehead atoms. The summed E-state index contributed by atoms with van der Waals surface area (Å²) in [5.74, 6) is 0.0687. The van der Waals surface area contributed by atoms with E-state index >= 15 is 0 Å². The van der Waals surface area contributed by atoms with E-state index in [1.165, 1.54) is 36.7 Å². The van der Waals surface area contributed by atoms with Gasteiger partial charge in [0, 0.05) is 17.8 Å². The summed E-state index contributed by atoms with van der Waals surface area (Å²) >= 11 is 0. The Morgan fingerprint density at radius 3 is 2.55 bits per heavy atom. The molecule has 3 N–H and O–H groups in total. The number of nitrogens with one attached hydrogen (secondary N) is 3. The minimum atomic E-state index is -0.00120. The smallest absolute Gasteiger partial charge is 0.251 e. The van der Waals surface area contributed by atoms with E-state index < -0.39 is 0 Å². The van der Waals surface area contributed by atoms with Gasteiger partial charge in [0.2, 0.25) is 0 Å². The van der Waals surface area contributed by atoms with Gasteiger partial charge in [-0.15, -0.1) is 0 Å². The third-order valence-corrected chi connectivity index (χ3v) is 5.20. The fourth-order valence-electron chi connectivity index (χ4n) is 3.98. The third-order valence-electron chi connectivity index (χ3n) is 5.20. The van der Waals surface area contributed by atoms with E-state index in [9.17, 15) is 4.79 Å². The molecule has 2 aliphatic heterocycles. The second-order valence-electron chi connectivity index (χ2n) is 6.73. The van der Waals surface area contributed by atoms with Gasteiger partial charge >= 0.3 is 0 Å². The molecule has 2 heterocycles. The van der Waals surface area contributed by atoms with Crippen molar-refractivity contribution in [2.24, 2.45) is 0 Å². The van der Waals surface area contributed by atoms with Gasteiger partial charge in [-0.2, -0.15) is 0 Å². The van der Waals surface area contributed by atoms with Crippen LogP contribution in [0.3, 0.4) is 0 Å². The normalized spacial score (nSPS) is 30.9. The monoisotopic (exact) mass is 295 g/mol. The van der Waals surface area contributed by atoms with Gasteiger partial charge in [-0.1, -0.05) is 42.6 Å². The van der Waals surface area contributed by atoms with Crippen molar-refractivity contribution in [3.8, 4) is 0 Å². The number of rotatable bonds is 1. The number of carbonyl (C=O) groups is 1. The molecule has 1 amide bonds. The predicted molar refractivity (Wildman–Crippen MR) is 89.7 cm³/mol. The summed E-state index contributed by atoms with van der Waals surface area (Å²) in [7, 11) is 2.09. The highest BCUT2D eigenvalue weighted by atomic mass is 16.2. The van der Waals surface area contributed by atoms with Crippen LogP contribution in [0.5, 0.6) is 0 Å². The van der Waals surface area contributed by atoms with E-state index in [0.29, 0.717) is 18.6 Å². The molecule has 0 saturated heterocycles. The van der Waals surface area contributed by atoms with Crippen LogP contribution in [-0.4, -0.2) is 32.4 Å². The lowest BCUT2D eigenvalue weighted by Gasteiger charge is -2.34. The molecule has 4 rings (SSSR count). The minimum Gasteiger partial charge on any atom is -0.382 e. The molecule has 3 atom stereocenters. The summed E-state index contributed by atoms with van der Waals surface area (Å²) in [4.78, 5) is 12.4. The molecule has 1 aliphatic carbocycles. The highest BCUT2D eigenvalue weighted by Crippen LogP contribution is 2.33. The average molecular weight is 295 g/mol. The summed E-state index contributed by atoms with van der Waals surface area (Å²) in [5, 5.41) is 10.4. The first-order chi connectivity index (χ1) is 10.7. The SMILES string of the molecule is Bc1ccc([C@H]2N[C@@H]3CCCC[C@H]3NC3=C2C(=O)NC3)cc1. The van der Waals surface area contributed by atoms with Crippen molar-refractivity contribution < 1.29 is 4.79 Å². The highest BCUT2D eigenvalue weighted by Gasteiger charge is 2.38. The lowest BCUT2D eigenvalue weighted by atomic mass is 9.88. The van der Waals surface area contributed by atoms with Crippen molar-refractivity contribution in [2.45, 2.75) is 43.8 Å². The molecule has 0 unspecified atom stereocenters. The largest absolute Gasteiger partial charge is 0.382 e. The summed E-state index contributed by atoms with van der Waals surface area (Å²) in [6.07, 6.45) is 4.91. The summed E-state index contributed by atoms with van der Waals surface area (Å²) in [5.41, 5.74) is 4.41. The van der Waals surface area contributed by atoms with Gasteiger partial charge in [-0.25, -0.2) is 0 Å². The van der Waals surface area contributed by atoms with Crippen LogP contribution in [0.15, 0.2) is 35.5 Å². The first-order valence-electron chi connectivity index (χ1n) is 8.33. The Kier molecular flexibility index (Phi) is 3.45. The topological polar surface area (TPSA) is 53.2 Å². The van der Waals surface area contributed by atoms with E-state index in [-0.39, 0.29) is 11.9 Å². The molecule has 1 aromatic carbocycles. The van der Waals surface area contributed by atoms with E-state index in [1.807, 2.05) is 0 Å². The fraction of sp³-hybridized carbons (Fsp3) is 0.471. The van der Waals surface area contributed by atoms with Crippen LogP contribution in [0.25, 0.3) is 0 Å². The number of hydrogen-bond acceptors (Lipinski definition) is 3. The molecule has 114 valence electrons. The second kappa shape index (κ2) is 5.47. The standard InChI is InChI=1S/C17H22BN3O/c18-11-7-5-10(6-8-11)16-15-14(9-19-17(15)22)20-12-3-1-2-4-13(12)21-16/h5-8,12-13,16,20-21H,1-4,9,18H2,(H,19,22)/t12-,13-,16-/m1/s1. The predicted octanol–water partition coefficient (Wildman–Crippen LogP) is -0.126. The molecule has 3 aliphatic rings. The minimum absolute atomic E-state index is 0.00120. The van der Waals surface area contributed by atoms with E-state index in [0.717, 1.165) is 11.3 Å². The van der Waals surface area contributed by atoms with Crippen molar-refractivity contribution in [1.29, 1.82) is 0 Å². The van der Waals surface area contributed by atoms with Crippen LogP contribution in [0, 0.1) is 0 Å². The van der Waals surface area contributed by atoms with Crippen LogP contribution < -0.4 is 21.4 Å². The summed E-state index contributed by atoms with van der Waals surface area (Å²) in [6, 6.07) is 9.43. The summed E-state index contributed by atoms with van der Waals surface area (Å²) < 4.78 is 0. The highest BCUT2D eigenvalue weighted by molar-refractivity contribution is 6.32. The Morgan fingerprint density at radius 1 is 1.05 bits per heavy atom. The Bertz CT molecular complexity index is 625. The third kappa shape index (κ3) is 2.33. The number of hydrogen-bond donors (Lipinski definition) is 3. The van der Waals surface area contributed by atoms with Gasteiger partial charge in [0.1, 0.15) is 7.85 Å². The van der Waals surface area contributed by atoms with Gasteiger partial charge in [0.15, 0.2) is 0 Å². The number of amides is 1. The first-order valence-corrected chi connectivity index (χ1v) is 8.33. The zero-order valence-corrected chi connectivity index (χ0v) is 13.0. The van der Waals surface area contributed by atoms with Gasteiger partial charge in [-0.05, 0) is 18.4 Å². The maximum absolute atomic E-state index is 12.4. The lowest BCUT2D eigenvalue weighted by molar-refractivity contribution is -0.117. The first kappa shape index (κ1) is 13.9. The maximum Gasteiger partial charge on any atom is 0.251 e. The molecule has 0 radical (unpaired) electrons. The maximum atomic E-state index is 12.4. The molecule has 22 heavy (non-hydrogen) atoms. The molecule has 0 spiro atoms. The molecule has 1 aromatic rings. The zero-order chi connectivity index (χ0) is 15.1. The van der Waals surface area contributed by atoms with Crippen molar-refractivity contribution in [3.63, 3.8) is 0 Å². The van der Waals surface area contributed by atoms with Crippen LogP contribution >= 0.6 is 0 Å². The molecule has 0 aromatic heterocycles. The van der Waals surface area contributed by atoms with Crippen LogP contribution in [0.4, 0.5) is 0 Å². The second-order valence-corrected chi connectivity index (χ2v) is 6.73. The molecule has 5 heteroatoms. The van der Waals surface area contributed by atoms with Crippen LogP contribution in [-0.2, 0) is 4.79 Å². The molecular formula is C17H22BN3O. The Balaban J connectivity index is 1.74. The Hall–Kier alpha value is -1.75.